The molecule has 0 saturated heterocycles. The van der Waals surface area contributed by atoms with Crippen LogP contribution in [0.4, 0.5) is 0 Å². The highest BCUT2D eigenvalue weighted by Gasteiger charge is 2.17. The number of nitrogens with zero attached hydrogens (tertiary/aromatic N) is 2. The van der Waals surface area contributed by atoms with Crippen molar-refractivity contribution in [2.75, 3.05) is 0 Å². The number of aromatic amines is 1. The number of aromatic nitrogens is 2. The maximum absolute atomic E-state index is 12.4. The summed E-state index contributed by atoms with van der Waals surface area (Å²) >= 11 is 0. The maximum atomic E-state index is 12.4. The van der Waals surface area contributed by atoms with Crippen molar-refractivity contribution in [3.63, 3.8) is 0 Å². The molecule has 3 aromatic rings. The van der Waals surface area contributed by atoms with Crippen molar-refractivity contribution in [3.05, 3.63) is 64.4 Å². The van der Waals surface area contributed by atoms with Gasteiger partial charge in [0.25, 0.3) is 5.56 Å². The summed E-state index contributed by atoms with van der Waals surface area (Å²) in [7, 11) is 0. The predicted octanol–water partition coefficient (Wildman–Crippen LogP) is 4.21. The summed E-state index contributed by atoms with van der Waals surface area (Å²) in [6.07, 6.45) is 0. The van der Waals surface area contributed by atoms with Crippen LogP contribution in [0.5, 0.6) is 0 Å². The number of rotatable bonds is 5. The molecule has 2 aromatic carbocycles. The predicted molar refractivity (Wildman–Crippen MR) is 104 cm³/mol. The van der Waals surface area contributed by atoms with Crippen molar-refractivity contribution in [2.24, 2.45) is 0 Å². The van der Waals surface area contributed by atoms with Crippen molar-refractivity contribution in [3.8, 4) is 11.4 Å². The van der Waals surface area contributed by atoms with Crippen LogP contribution in [-0.4, -0.2) is 27.0 Å². The van der Waals surface area contributed by atoms with Crippen LogP contribution in [-0.2, 0) is 6.54 Å². The quantitative estimate of drug-likeness (QED) is 0.760. The molecule has 0 spiro atoms. The van der Waals surface area contributed by atoms with Gasteiger partial charge in [-0.25, -0.2) is 4.98 Å². The van der Waals surface area contributed by atoms with E-state index in [1.807, 2.05) is 36.4 Å². The van der Waals surface area contributed by atoms with Crippen LogP contribution < -0.4 is 5.56 Å². The van der Waals surface area contributed by atoms with Gasteiger partial charge in [0, 0.05) is 24.2 Å². The van der Waals surface area contributed by atoms with Crippen LogP contribution in [0, 0.1) is 0 Å². The number of nitrogens with one attached hydrogen (secondary N) is 1. The smallest absolute Gasteiger partial charge is 0.259 e. The van der Waals surface area contributed by atoms with E-state index in [9.17, 15) is 4.79 Å². The lowest BCUT2D eigenvalue weighted by molar-refractivity contribution is 0.166. The first-order valence-electron chi connectivity index (χ1n) is 8.80. The SMILES string of the molecule is CC(C)N(Cc1ccccc1-c1nc2ccccc2c(=O)[nH]1)C(C)C. The standard InChI is InChI=1S/C21H25N3O/c1-14(2)24(15(3)4)13-16-9-5-6-10-17(16)20-22-19-12-8-7-11-18(19)21(25)23-20/h5-12,14-15H,13H2,1-4H3,(H,22,23,25). The van der Waals surface area contributed by atoms with Crippen molar-refractivity contribution in [1.29, 1.82) is 0 Å². The van der Waals surface area contributed by atoms with Gasteiger partial charge in [-0.2, -0.15) is 0 Å². The zero-order chi connectivity index (χ0) is 18.0. The molecule has 0 aliphatic heterocycles. The molecule has 0 unspecified atom stereocenters. The highest BCUT2D eigenvalue weighted by Crippen LogP contribution is 2.23. The summed E-state index contributed by atoms with van der Waals surface area (Å²) in [6, 6.07) is 16.5. The van der Waals surface area contributed by atoms with Crippen LogP contribution in [0.25, 0.3) is 22.3 Å². The molecular weight excluding hydrogens is 310 g/mol. The lowest BCUT2D eigenvalue weighted by Gasteiger charge is -2.31. The zero-order valence-corrected chi connectivity index (χ0v) is 15.3. The van der Waals surface area contributed by atoms with E-state index in [-0.39, 0.29) is 5.56 Å². The zero-order valence-electron chi connectivity index (χ0n) is 15.3. The summed E-state index contributed by atoms with van der Waals surface area (Å²) in [5.74, 6) is 0.631. The normalized spacial score (nSPS) is 11.8. The Morgan fingerprint density at radius 1 is 0.960 bits per heavy atom. The van der Waals surface area contributed by atoms with Gasteiger partial charge in [0.2, 0.25) is 0 Å². The van der Waals surface area contributed by atoms with Gasteiger partial charge in [-0.05, 0) is 45.4 Å². The van der Waals surface area contributed by atoms with Crippen molar-refractivity contribution in [2.45, 2.75) is 46.3 Å². The summed E-state index contributed by atoms with van der Waals surface area (Å²) in [4.78, 5) is 22.5. The molecule has 1 aromatic heterocycles. The van der Waals surface area contributed by atoms with Crippen LogP contribution in [0.2, 0.25) is 0 Å². The lowest BCUT2D eigenvalue weighted by Crippen LogP contribution is -2.36. The Morgan fingerprint density at radius 3 is 2.32 bits per heavy atom. The van der Waals surface area contributed by atoms with E-state index in [1.165, 1.54) is 5.56 Å². The number of fused-ring (bicyclic) bond motifs is 1. The number of para-hydroxylation sites is 1. The average molecular weight is 335 g/mol. The molecule has 4 nitrogen and oxygen atoms in total. The number of hydrogen-bond donors (Lipinski definition) is 1. The summed E-state index contributed by atoms with van der Waals surface area (Å²) < 4.78 is 0. The summed E-state index contributed by atoms with van der Waals surface area (Å²) in [5, 5.41) is 0.620. The lowest BCUT2D eigenvalue weighted by atomic mass is 10.0. The third-order valence-corrected chi connectivity index (χ3v) is 4.56. The van der Waals surface area contributed by atoms with E-state index < -0.39 is 0 Å². The van der Waals surface area contributed by atoms with Gasteiger partial charge in [0.05, 0.1) is 10.9 Å². The van der Waals surface area contributed by atoms with Gasteiger partial charge in [0.15, 0.2) is 0 Å². The van der Waals surface area contributed by atoms with Crippen LogP contribution >= 0.6 is 0 Å². The molecule has 1 N–H and O–H groups in total. The molecule has 0 atom stereocenters. The maximum Gasteiger partial charge on any atom is 0.259 e. The minimum atomic E-state index is -0.0972. The minimum absolute atomic E-state index is 0.0972. The van der Waals surface area contributed by atoms with E-state index in [4.69, 9.17) is 0 Å². The fraction of sp³-hybridized carbons (Fsp3) is 0.333. The summed E-state index contributed by atoms with van der Waals surface area (Å²) in [6.45, 7) is 9.65. The van der Waals surface area contributed by atoms with Crippen LogP contribution in [0.1, 0.15) is 33.3 Å². The largest absolute Gasteiger partial charge is 0.306 e. The van der Waals surface area contributed by atoms with Crippen molar-refractivity contribution < 1.29 is 0 Å². The van der Waals surface area contributed by atoms with Crippen molar-refractivity contribution in [1.82, 2.24) is 14.9 Å². The molecule has 0 aliphatic carbocycles. The Labute approximate surface area is 148 Å². The van der Waals surface area contributed by atoms with Crippen molar-refractivity contribution >= 4 is 10.9 Å². The first-order chi connectivity index (χ1) is 12.0. The Kier molecular flexibility index (Phi) is 5.00. The molecule has 0 fully saturated rings. The van der Waals surface area contributed by atoms with Gasteiger partial charge in [0.1, 0.15) is 5.82 Å². The molecular formula is C21H25N3O. The highest BCUT2D eigenvalue weighted by molar-refractivity contribution is 5.79. The van der Waals surface area contributed by atoms with Gasteiger partial charge < -0.3 is 4.98 Å². The topological polar surface area (TPSA) is 49.0 Å². The molecule has 3 rings (SSSR count). The number of hydrogen-bond acceptors (Lipinski definition) is 3. The minimum Gasteiger partial charge on any atom is -0.306 e. The molecule has 0 radical (unpaired) electrons. The van der Waals surface area contributed by atoms with E-state index >= 15 is 0 Å². The number of H-pyrrole nitrogens is 1. The molecule has 25 heavy (non-hydrogen) atoms. The van der Waals surface area contributed by atoms with Crippen LogP contribution in [0.15, 0.2) is 53.3 Å². The summed E-state index contributed by atoms with van der Waals surface area (Å²) in [5.41, 5.74) is 2.78. The number of benzene rings is 2. The Balaban J connectivity index is 2.08. The first kappa shape index (κ1) is 17.4. The Morgan fingerprint density at radius 2 is 1.60 bits per heavy atom. The molecule has 0 aliphatic rings. The first-order valence-corrected chi connectivity index (χ1v) is 8.80. The second kappa shape index (κ2) is 7.19. The van der Waals surface area contributed by atoms with E-state index in [0.29, 0.717) is 23.3 Å². The van der Waals surface area contributed by atoms with Gasteiger partial charge >= 0.3 is 0 Å². The van der Waals surface area contributed by atoms with Gasteiger partial charge in [-0.3, -0.25) is 9.69 Å². The third kappa shape index (κ3) is 3.64. The Hall–Kier alpha value is -2.46. The molecule has 4 heteroatoms. The molecule has 130 valence electrons. The van der Waals surface area contributed by atoms with Gasteiger partial charge in [-0.15, -0.1) is 0 Å². The second-order valence-electron chi connectivity index (χ2n) is 6.95. The Bertz CT molecular complexity index is 920. The molecule has 0 saturated carbocycles. The van der Waals surface area contributed by atoms with E-state index in [2.05, 4.69) is 48.6 Å². The average Bonchev–Trinajstić information content (AvgIpc) is 2.59. The van der Waals surface area contributed by atoms with E-state index in [0.717, 1.165) is 17.6 Å². The molecule has 0 amide bonds. The van der Waals surface area contributed by atoms with Crippen LogP contribution in [0.3, 0.4) is 0 Å². The second-order valence-corrected chi connectivity index (χ2v) is 6.95. The molecule has 1 heterocycles. The third-order valence-electron chi connectivity index (χ3n) is 4.56. The monoisotopic (exact) mass is 335 g/mol. The fourth-order valence-corrected chi connectivity index (χ4v) is 3.26. The van der Waals surface area contributed by atoms with E-state index in [1.54, 1.807) is 6.07 Å². The highest BCUT2D eigenvalue weighted by atomic mass is 16.1. The fourth-order valence-electron chi connectivity index (χ4n) is 3.26. The molecule has 0 bridgehead atoms. The van der Waals surface area contributed by atoms with Gasteiger partial charge in [-0.1, -0.05) is 36.4 Å².